The van der Waals surface area contributed by atoms with Gasteiger partial charge in [0.2, 0.25) is 0 Å². The predicted octanol–water partition coefficient (Wildman–Crippen LogP) is 1.38. The molecule has 1 fully saturated rings. The minimum atomic E-state index is -0.00731. The number of hydrogen-bond acceptors (Lipinski definition) is 2. The summed E-state index contributed by atoms with van der Waals surface area (Å²) in [6, 6.07) is 7.44. The van der Waals surface area contributed by atoms with Crippen LogP contribution in [0.25, 0.3) is 0 Å². The Morgan fingerprint density at radius 1 is 1.47 bits per heavy atom. The Hall–Kier alpha value is -1.06. The van der Waals surface area contributed by atoms with Gasteiger partial charge in [0.05, 0.1) is 16.6 Å². The zero-order chi connectivity index (χ0) is 10.8. The second-order valence-corrected chi connectivity index (χ2v) is 4.12. The molecule has 3 nitrogen and oxygen atoms in total. The van der Waals surface area contributed by atoms with Gasteiger partial charge >= 0.3 is 0 Å². The Labute approximate surface area is 94.0 Å². The normalized spacial score (nSPS) is 15.9. The number of halogens is 1. The standard InChI is InChI=1S/C11H13ClN2O/c1-14(8-6-13-7-8)11(15)9-4-2-3-5-10(9)12/h2-5,8,13H,6-7H2,1H3. The molecular weight excluding hydrogens is 212 g/mol. The fourth-order valence-electron chi connectivity index (χ4n) is 1.54. The molecule has 0 aromatic heterocycles. The van der Waals surface area contributed by atoms with E-state index in [1.54, 1.807) is 17.0 Å². The lowest BCUT2D eigenvalue weighted by Crippen LogP contribution is -2.57. The van der Waals surface area contributed by atoms with Gasteiger partial charge in [-0.25, -0.2) is 0 Å². The van der Waals surface area contributed by atoms with E-state index in [4.69, 9.17) is 11.6 Å². The summed E-state index contributed by atoms with van der Waals surface area (Å²) >= 11 is 5.97. The molecule has 0 bridgehead atoms. The van der Waals surface area contributed by atoms with Crippen molar-refractivity contribution < 1.29 is 4.79 Å². The van der Waals surface area contributed by atoms with Crippen molar-refractivity contribution in [2.45, 2.75) is 6.04 Å². The Morgan fingerprint density at radius 2 is 2.13 bits per heavy atom. The number of benzene rings is 1. The van der Waals surface area contributed by atoms with Crippen LogP contribution in [0.1, 0.15) is 10.4 Å². The van der Waals surface area contributed by atoms with E-state index in [0.29, 0.717) is 16.6 Å². The highest BCUT2D eigenvalue weighted by Gasteiger charge is 2.26. The van der Waals surface area contributed by atoms with Crippen molar-refractivity contribution in [2.75, 3.05) is 20.1 Å². The first-order valence-electron chi connectivity index (χ1n) is 4.92. The zero-order valence-electron chi connectivity index (χ0n) is 8.53. The second-order valence-electron chi connectivity index (χ2n) is 3.71. The number of nitrogens with zero attached hydrogens (tertiary/aromatic N) is 1. The highest BCUT2D eigenvalue weighted by molar-refractivity contribution is 6.33. The lowest BCUT2D eigenvalue weighted by molar-refractivity contribution is 0.0681. The van der Waals surface area contributed by atoms with E-state index in [0.717, 1.165) is 13.1 Å². The third-order valence-corrected chi connectivity index (χ3v) is 3.06. The van der Waals surface area contributed by atoms with Gasteiger partial charge in [0.25, 0.3) is 5.91 Å². The maximum atomic E-state index is 12.0. The van der Waals surface area contributed by atoms with Crippen molar-refractivity contribution in [3.8, 4) is 0 Å². The number of carbonyl (C=O) groups excluding carboxylic acids is 1. The molecule has 2 rings (SSSR count). The van der Waals surface area contributed by atoms with Crippen molar-refractivity contribution >= 4 is 17.5 Å². The number of carbonyl (C=O) groups is 1. The smallest absolute Gasteiger partial charge is 0.255 e. The van der Waals surface area contributed by atoms with Gasteiger partial charge in [0.15, 0.2) is 0 Å². The lowest BCUT2D eigenvalue weighted by atomic mass is 10.1. The third kappa shape index (κ3) is 1.98. The molecule has 1 heterocycles. The van der Waals surface area contributed by atoms with Crippen LogP contribution in [0.5, 0.6) is 0 Å². The number of nitrogens with one attached hydrogen (secondary N) is 1. The van der Waals surface area contributed by atoms with Crippen LogP contribution in [0.3, 0.4) is 0 Å². The molecule has 1 saturated heterocycles. The SMILES string of the molecule is CN(C(=O)c1ccccc1Cl)C1CNC1. The van der Waals surface area contributed by atoms with Gasteiger partial charge in [-0.05, 0) is 12.1 Å². The summed E-state index contributed by atoms with van der Waals surface area (Å²) in [5, 5.41) is 3.65. The van der Waals surface area contributed by atoms with E-state index in [-0.39, 0.29) is 5.91 Å². The first kappa shape index (κ1) is 10.5. The quantitative estimate of drug-likeness (QED) is 0.824. The Balaban J connectivity index is 2.16. The summed E-state index contributed by atoms with van der Waals surface area (Å²) in [5.41, 5.74) is 0.577. The van der Waals surface area contributed by atoms with Crippen LogP contribution in [0.15, 0.2) is 24.3 Å². The molecule has 0 atom stereocenters. The molecule has 1 aliphatic heterocycles. The average molecular weight is 225 g/mol. The van der Waals surface area contributed by atoms with Crippen molar-refractivity contribution in [3.05, 3.63) is 34.9 Å². The van der Waals surface area contributed by atoms with Crippen LogP contribution >= 0.6 is 11.6 Å². The van der Waals surface area contributed by atoms with E-state index in [2.05, 4.69) is 5.32 Å². The van der Waals surface area contributed by atoms with Crippen LogP contribution < -0.4 is 5.32 Å². The third-order valence-electron chi connectivity index (χ3n) is 2.73. The first-order chi connectivity index (χ1) is 7.20. The summed E-state index contributed by atoms with van der Waals surface area (Å²) in [6.07, 6.45) is 0. The highest BCUT2D eigenvalue weighted by atomic mass is 35.5. The molecule has 1 aromatic carbocycles. The van der Waals surface area contributed by atoms with Gasteiger partial charge in [-0.3, -0.25) is 4.79 Å². The molecule has 1 aromatic rings. The zero-order valence-corrected chi connectivity index (χ0v) is 9.29. The highest BCUT2D eigenvalue weighted by Crippen LogP contribution is 2.18. The molecule has 80 valence electrons. The van der Waals surface area contributed by atoms with Gasteiger partial charge < -0.3 is 10.2 Å². The van der Waals surface area contributed by atoms with Gasteiger partial charge in [-0.2, -0.15) is 0 Å². The number of rotatable bonds is 2. The fourth-order valence-corrected chi connectivity index (χ4v) is 1.75. The molecule has 15 heavy (non-hydrogen) atoms. The summed E-state index contributed by atoms with van der Waals surface area (Å²) in [4.78, 5) is 13.8. The van der Waals surface area contributed by atoms with Gasteiger partial charge in [-0.15, -0.1) is 0 Å². The van der Waals surface area contributed by atoms with E-state index >= 15 is 0 Å². The molecule has 1 amide bonds. The van der Waals surface area contributed by atoms with Crippen molar-refractivity contribution in [3.63, 3.8) is 0 Å². The Morgan fingerprint density at radius 3 is 2.67 bits per heavy atom. The lowest BCUT2D eigenvalue weighted by Gasteiger charge is -2.35. The van der Waals surface area contributed by atoms with E-state index in [1.165, 1.54) is 0 Å². The number of hydrogen-bond donors (Lipinski definition) is 1. The van der Waals surface area contributed by atoms with Crippen molar-refractivity contribution in [1.82, 2.24) is 10.2 Å². The molecule has 0 spiro atoms. The molecular formula is C11H13ClN2O. The average Bonchev–Trinajstić information content (AvgIpc) is 2.15. The van der Waals surface area contributed by atoms with Crippen LogP contribution in [-0.4, -0.2) is 37.0 Å². The maximum Gasteiger partial charge on any atom is 0.255 e. The fraction of sp³-hybridized carbons (Fsp3) is 0.364. The predicted molar refractivity (Wildman–Crippen MR) is 60.2 cm³/mol. The molecule has 0 radical (unpaired) electrons. The second kappa shape index (κ2) is 4.21. The minimum absolute atomic E-state index is 0.00731. The molecule has 4 heteroatoms. The molecule has 0 unspecified atom stereocenters. The summed E-state index contributed by atoms with van der Waals surface area (Å²) in [7, 11) is 1.82. The van der Waals surface area contributed by atoms with Crippen LogP contribution in [0, 0.1) is 0 Å². The maximum absolute atomic E-state index is 12.0. The molecule has 0 saturated carbocycles. The molecule has 0 aliphatic carbocycles. The monoisotopic (exact) mass is 224 g/mol. The minimum Gasteiger partial charge on any atom is -0.336 e. The Bertz CT molecular complexity index is 377. The largest absolute Gasteiger partial charge is 0.336 e. The van der Waals surface area contributed by atoms with E-state index < -0.39 is 0 Å². The summed E-state index contributed by atoms with van der Waals surface area (Å²) < 4.78 is 0. The molecule has 1 N–H and O–H groups in total. The summed E-state index contributed by atoms with van der Waals surface area (Å²) in [6.45, 7) is 1.74. The van der Waals surface area contributed by atoms with Crippen LogP contribution in [-0.2, 0) is 0 Å². The number of amides is 1. The van der Waals surface area contributed by atoms with Crippen LogP contribution in [0.2, 0.25) is 5.02 Å². The topological polar surface area (TPSA) is 32.3 Å². The van der Waals surface area contributed by atoms with Crippen LogP contribution in [0.4, 0.5) is 0 Å². The van der Waals surface area contributed by atoms with Gasteiger partial charge in [0, 0.05) is 20.1 Å². The number of likely N-dealkylation sites (N-methyl/N-ethyl adjacent to an activating group) is 1. The first-order valence-corrected chi connectivity index (χ1v) is 5.30. The van der Waals surface area contributed by atoms with E-state index in [1.807, 2.05) is 19.2 Å². The summed E-state index contributed by atoms with van der Waals surface area (Å²) in [5.74, 6) is -0.00731. The van der Waals surface area contributed by atoms with Crippen molar-refractivity contribution in [1.29, 1.82) is 0 Å². The Kier molecular flexibility index (Phi) is 2.93. The van der Waals surface area contributed by atoms with E-state index in [9.17, 15) is 4.79 Å². The van der Waals surface area contributed by atoms with Crippen molar-refractivity contribution in [2.24, 2.45) is 0 Å². The molecule has 1 aliphatic rings. The van der Waals surface area contributed by atoms with Gasteiger partial charge in [0.1, 0.15) is 0 Å². The van der Waals surface area contributed by atoms with Gasteiger partial charge in [-0.1, -0.05) is 23.7 Å².